The molecule has 0 amide bonds. The van der Waals surface area contributed by atoms with E-state index in [0.717, 1.165) is 0 Å². The van der Waals surface area contributed by atoms with Gasteiger partial charge in [0, 0.05) is 0 Å². The molecule has 4 atom stereocenters. The molecule has 6 nitrogen and oxygen atoms in total. The molecule has 0 spiro atoms. The summed E-state index contributed by atoms with van der Waals surface area (Å²) in [5, 5.41) is 39.0. The molecule has 1 aromatic carbocycles. The summed E-state index contributed by atoms with van der Waals surface area (Å²) in [7, 11) is 0. The molecule has 24 heavy (non-hydrogen) atoms. The Labute approximate surface area is 145 Å². The van der Waals surface area contributed by atoms with Gasteiger partial charge in [-0.05, 0) is 31.2 Å². The van der Waals surface area contributed by atoms with E-state index in [-0.39, 0.29) is 12.4 Å². The number of aliphatic hydroxyl groups is 2. The highest BCUT2D eigenvalue weighted by Gasteiger charge is 2.59. The van der Waals surface area contributed by atoms with Crippen molar-refractivity contribution in [3.05, 3.63) is 24.3 Å². The zero-order valence-corrected chi connectivity index (χ0v) is 15.4. The lowest BCUT2D eigenvalue weighted by Gasteiger charge is -2.51. The van der Waals surface area contributed by atoms with Crippen LogP contribution in [-0.2, 0) is 4.74 Å². The maximum absolute atomic E-state index is 10.2. The van der Waals surface area contributed by atoms with Crippen LogP contribution in [0.4, 0.5) is 0 Å². The Balaban J connectivity index is 0.00000123. The molecule has 1 aliphatic rings. The number of ether oxygens (including phenoxy) is 2. The number of aliphatic hydroxyl groups excluding tert-OH is 1. The van der Waals surface area contributed by atoms with Crippen molar-refractivity contribution < 1.29 is 29.8 Å². The second kappa shape index (κ2) is 10.6. The minimum absolute atomic E-state index is 0.0251. The van der Waals surface area contributed by atoms with Gasteiger partial charge in [-0.1, -0.05) is 34.5 Å². The predicted octanol–water partition coefficient (Wildman–Crippen LogP) is 2.28. The zero-order valence-electron chi connectivity index (χ0n) is 15.4. The van der Waals surface area contributed by atoms with E-state index in [0.29, 0.717) is 5.75 Å². The van der Waals surface area contributed by atoms with Crippen LogP contribution in [0.3, 0.4) is 0 Å². The van der Waals surface area contributed by atoms with Crippen LogP contribution in [0.15, 0.2) is 24.3 Å². The molecule has 0 radical (unpaired) electrons. The molecule has 0 saturated carbocycles. The van der Waals surface area contributed by atoms with Crippen molar-refractivity contribution in [2.75, 3.05) is 6.61 Å². The van der Waals surface area contributed by atoms with Gasteiger partial charge in [-0.15, -0.1) is 0 Å². The Hall–Kier alpha value is -1.28. The summed E-state index contributed by atoms with van der Waals surface area (Å²) in [5.74, 6) is -1.99. The van der Waals surface area contributed by atoms with Crippen LogP contribution < -0.4 is 4.74 Å². The molecule has 1 heterocycles. The van der Waals surface area contributed by atoms with Gasteiger partial charge in [0.15, 0.2) is 5.79 Å². The molecular formula is C17H31BO6. The first-order valence-electron chi connectivity index (χ1n) is 8.52. The highest BCUT2D eigenvalue weighted by atomic mass is 16.7. The first kappa shape index (κ1) is 22.7. The van der Waals surface area contributed by atoms with Gasteiger partial charge in [0.1, 0.15) is 17.6 Å². The van der Waals surface area contributed by atoms with E-state index in [1.165, 1.54) is 19.0 Å². The standard InChI is InChI=1S/C13H19BO6.2C2H6/c1-8-12(16)13(17,20-8)11(14(2)18)7-19-10-5-3-9(15)4-6-10;2*1-2/h3-6,8,11-12,15-18H,7H2,1-2H3;2*1-2H3/t8?,11?,12-,13?;;/m1../s1. The van der Waals surface area contributed by atoms with Gasteiger partial charge in [0.25, 0.3) is 6.92 Å². The second-order valence-corrected chi connectivity index (χ2v) is 5.17. The number of phenols is 1. The van der Waals surface area contributed by atoms with Gasteiger partial charge < -0.3 is 29.8 Å². The van der Waals surface area contributed by atoms with E-state index in [2.05, 4.69) is 0 Å². The number of rotatable bonds is 5. The summed E-state index contributed by atoms with van der Waals surface area (Å²) in [4.78, 5) is 0. The van der Waals surface area contributed by atoms with Crippen molar-refractivity contribution in [3.63, 3.8) is 0 Å². The molecule has 0 aromatic heterocycles. The van der Waals surface area contributed by atoms with Gasteiger partial charge in [-0.3, -0.25) is 0 Å². The minimum atomic E-state index is -1.80. The summed E-state index contributed by atoms with van der Waals surface area (Å²) in [6, 6.07) is 6.08. The summed E-state index contributed by atoms with van der Waals surface area (Å²) >= 11 is 0. The van der Waals surface area contributed by atoms with E-state index in [1.807, 2.05) is 27.7 Å². The SMILES string of the molecule is CB(O)C(COc1ccc(O)cc1)C1(O)OC(C)[C@H]1O.CC.CC. The minimum Gasteiger partial charge on any atom is -0.508 e. The molecule has 3 unspecified atom stereocenters. The lowest BCUT2D eigenvalue weighted by atomic mass is 9.53. The fraction of sp³-hybridized carbons (Fsp3) is 0.647. The van der Waals surface area contributed by atoms with E-state index >= 15 is 0 Å². The third-order valence-corrected chi connectivity index (χ3v) is 3.62. The third kappa shape index (κ3) is 5.38. The number of hydrogen-bond donors (Lipinski definition) is 4. The van der Waals surface area contributed by atoms with Crippen molar-refractivity contribution in [2.24, 2.45) is 0 Å². The number of phenolic OH excluding ortho intramolecular Hbond substituents is 1. The Morgan fingerprint density at radius 2 is 1.71 bits per heavy atom. The summed E-state index contributed by atoms with van der Waals surface area (Å²) in [6.07, 6.45) is -1.54. The van der Waals surface area contributed by atoms with Crippen LogP contribution in [0.5, 0.6) is 11.5 Å². The van der Waals surface area contributed by atoms with Gasteiger partial charge >= 0.3 is 0 Å². The molecular weight excluding hydrogens is 311 g/mol. The van der Waals surface area contributed by atoms with E-state index < -0.39 is 30.7 Å². The molecule has 1 aromatic rings. The molecule has 4 N–H and O–H groups in total. The molecule has 138 valence electrons. The topological polar surface area (TPSA) is 99.4 Å². The molecule has 1 saturated heterocycles. The van der Waals surface area contributed by atoms with E-state index in [4.69, 9.17) is 9.47 Å². The fourth-order valence-corrected chi connectivity index (χ4v) is 2.34. The quantitative estimate of drug-likeness (QED) is 0.613. The first-order valence-corrected chi connectivity index (χ1v) is 8.52. The lowest BCUT2D eigenvalue weighted by Crippen LogP contribution is -2.68. The van der Waals surface area contributed by atoms with Crippen molar-refractivity contribution in [1.82, 2.24) is 0 Å². The first-order chi connectivity index (χ1) is 11.3. The van der Waals surface area contributed by atoms with Crippen LogP contribution in [0, 0.1) is 0 Å². The highest BCUT2D eigenvalue weighted by Crippen LogP contribution is 2.41. The summed E-state index contributed by atoms with van der Waals surface area (Å²) in [6.45, 7) is 10.2. The highest BCUT2D eigenvalue weighted by molar-refractivity contribution is 6.51. The van der Waals surface area contributed by atoms with Crippen LogP contribution in [-0.4, -0.2) is 51.9 Å². The van der Waals surface area contributed by atoms with E-state index in [1.54, 1.807) is 19.1 Å². The average Bonchev–Trinajstić information content (AvgIpc) is 2.59. The van der Waals surface area contributed by atoms with Gasteiger partial charge in [0.05, 0.1) is 18.5 Å². The third-order valence-electron chi connectivity index (χ3n) is 3.62. The van der Waals surface area contributed by atoms with Gasteiger partial charge in [0.2, 0.25) is 0 Å². The van der Waals surface area contributed by atoms with Crippen molar-refractivity contribution in [3.8, 4) is 11.5 Å². The number of benzene rings is 1. The Morgan fingerprint density at radius 1 is 1.21 bits per heavy atom. The number of hydrogen-bond acceptors (Lipinski definition) is 6. The van der Waals surface area contributed by atoms with Crippen LogP contribution >= 0.6 is 0 Å². The Morgan fingerprint density at radius 3 is 2.08 bits per heavy atom. The second-order valence-electron chi connectivity index (χ2n) is 5.17. The largest absolute Gasteiger partial charge is 0.508 e. The van der Waals surface area contributed by atoms with Crippen LogP contribution in [0.2, 0.25) is 12.6 Å². The predicted molar refractivity (Wildman–Crippen MR) is 95.4 cm³/mol. The van der Waals surface area contributed by atoms with Crippen molar-refractivity contribution >= 4 is 6.92 Å². The van der Waals surface area contributed by atoms with Crippen molar-refractivity contribution in [2.45, 2.75) is 65.3 Å². The van der Waals surface area contributed by atoms with E-state index in [9.17, 15) is 20.3 Å². The molecule has 0 aliphatic carbocycles. The van der Waals surface area contributed by atoms with Crippen LogP contribution in [0.25, 0.3) is 0 Å². The number of aromatic hydroxyl groups is 1. The molecule has 1 fully saturated rings. The zero-order chi connectivity index (χ0) is 18.9. The molecule has 1 aliphatic heterocycles. The van der Waals surface area contributed by atoms with Crippen LogP contribution in [0.1, 0.15) is 34.6 Å². The smallest absolute Gasteiger partial charge is 0.297 e. The fourth-order valence-electron chi connectivity index (χ4n) is 2.34. The molecule has 0 bridgehead atoms. The molecule has 7 heteroatoms. The molecule has 2 rings (SSSR count). The normalized spacial score (nSPS) is 25.9. The summed E-state index contributed by atoms with van der Waals surface area (Å²) in [5.41, 5.74) is 0. The van der Waals surface area contributed by atoms with Gasteiger partial charge in [-0.25, -0.2) is 0 Å². The maximum atomic E-state index is 10.2. The van der Waals surface area contributed by atoms with Gasteiger partial charge in [-0.2, -0.15) is 0 Å². The Kier molecular flexibility index (Phi) is 10.00. The Bertz CT molecular complexity index is 453. The maximum Gasteiger partial charge on any atom is 0.297 e. The average molecular weight is 342 g/mol. The van der Waals surface area contributed by atoms with Crippen molar-refractivity contribution in [1.29, 1.82) is 0 Å². The lowest BCUT2D eigenvalue weighted by molar-refractivity contribution is -0.382. The summed E-state index contributed by atoms with van der Waals surface area (Å²) < 4.78 is 10.7. The monoisotopic (exact) mass is 342 g/mol.